The molecule has 0 heterocycles. The molecular weight excluding hydrogens is 478 g/mol. The van der Waals surface area contributed by atoms with Gasteiger partial charge in [-0.2, -0.15) is 0 Å². The summed E-state index contributed by atoms with van der Waals surface area (Å²) >= 11 is 6.71. The summed E-state index contributed by atoms with van der Waals surface area (Å²) in [6.07, 6.45) is -1.02. The third-order valence-corrected chi connectivity index (χ3v) is 5.39. The Labute approximate surface area is 176 Å². The number of amides is 1. The van der Waals surface area contributed by atoms with Crippen LogP contribution in [0, 0.1) is 12.3 Å². The first-order valence-corrected chi connectivity index (χ1v) is 10.1. The van der Waals surface area contributed by atoms with E-state index in [2.05, 4.69) is 37.2 Å². The molecule has 2 rings (SSSR count). The van der Waals surface area contributed by atoms with Crippen molar-refractivity contribution in [1.29, 1.82) is 0 Å². The van der Waals surface area contributed by atoms with Gasteiger partial charge in [-0.3, -0.25) is 5.32 Å². The van der Waals surface area contributed by atoms with Gasteiger partial charge in [0.25, 0.3) is 0 Å². The molecule has 0 unspecified atom stereocenters. The first kappa shape index (κ1) is 21.7. The van der Waals surface area contributed by atoms with Crippen LogP contribution in [0.1, 0.15) is 37.5 Å². The van der Waals surface area contributed by atoms with Crippen LogP contribution in [0.3, 0.4) is 0 Å². The number of rotatable bonds is 6. The van der Waals surface area contributed by atoms with Gasteiger partial charge in [0.05, 0.1) is 4.47 Å². The number of carbonyl (C=O) groups excluding carboxylic acids is 1. The fourth-order valence-electron chi connectivity index (χ4n) is 2.74. The van der Waals surface area contributed by atoms with E-state index >= 15 is 0 Å². The molecule has 7 heteroatoms. The number of aliphatic hydroxyl groups is 1. The smallest absolute Gasteiger partial charge is 0.412 e. The second-order valence-electron chi connectivity index (χ2n) is 7.06. The molecule has 0 saturated heterocycles. The Balaban J connectivity index is 2.33. The minimum atomic E-state index is -0.774. The normalized spacial score (nSPS) is 12.5. The molecule has 27 heavy (non-hydrogen) atoms. The number of nitrogens with one attached hydrogen (secondary N) is 1. The summed E-state index contributed by atoms with van der Waals surface area (Å²) in [5.74, 6) is -0.00245. The Morgan fingerprint density at radius 1 is 1.22 bits per heavy atom. The standard InChI is InChI=1S/C20H23Br2NO4/c1-12-4-6-14(7-5-12)23-19(26)27-18(20(2,3)8-9-24)15-10-13(21)11-16(22)17(15)25/h4-7,10-11,18,24-25H,8-9H2,1-3H3,(H,23,26)/t18-/m1/s1. The lowest BCUT2D eigenvalue weighted by atomic mass is 9.79. The van der Waals surface area contributed by atoms with E-state index in [1.807, 2.05) is 32.9 Å². The average molecular weight is 501 g/mol. The van der Waals surface area contributed by atoms with Crippen LogP contribution in [0.15, 0.2) is 45.3 Å². The number of aryl methyl sites for hydroxylation is 1. The quantitative estimate of drug-likeness (QED) is 0.459. The van der Waals surface area contributed by atoms with Crippen molar-refractivity contribution in [3.63, 3.8) is 0 Å². The van der Waals surface area contributed by atoms with Crippen LogP contribution in [0.2, 0.25) is 0 Å². The molecule has 1 amide bonds. The zero-order valence-electron chi connectivity index (χ0n) is 15.4. The van der Waals surface area contributed by atoms with E-state index in [9.17, 15) is 15.0 Å². The molecule has 0 aromatic heterocycles. The van der Waals surface area contributed by atoms with Gasteiger partial charge in [-0.15, -0.1) is 0 Å². The molecule has 3 N–H and O–H groups in total. The maximum Gasteiger partial charge on any atom is 0.412 e. The number of hydrogen-bond acceptors (Lipinski definition) is 4. The predicted molar refractivity (Wildman–Crippen MR) is 113 cm³/mol. The lowest BCUT2D eigenvalue weighted by Gasteiger charge is -2.34. The molecule has 0 saturated carbocycles. The molecular formula is C20H23Br2NO4. The molecule has 2 aromatic carbocycles. The minimum Gasteiger partial charge on any atom is -0.506 e. The van der Waals surface area contributed by atoms with Crippen LogP contribution < -0.4 is 5.32 Å². The fraction of sp³-hybridized carbons (Fsp3) is 0.350. The molecule has 0 fully saturated rings. The summed E-state index contributed by atoms with van der Waals surface area (Å²) in [4.78, 5) is 12.5. The third kappa shape index (κ3) is 5.70. The average Bonchev–Trinajstić information content (AvgIpc) is 2.58. The highest BCUT2D eigenvalue weighted by Crippen LogP contribution is 2.45. The zero-order chi connectivity index (χ0) is 20.2. The molecule has 0 bridgehead atoms. The van der Waals surface area contributed by atoms with Crippen molar-refractivity contribution < 1.29 is 19.7 Å². The third-order valence-electron chi connectivity index (χ3n) is 4.33. The Kier molecular flexibility index (Phi) is 7.31. The molecule has 1 atom stereocenters. The maximum absolute atomic E-state index is 12.5. The predicted octanol–water partition coefficient (Wildman–Crippen LogP) is 5.92. The van der Waals surface area contributed by atoms with Crippen molar-refractivity contribution in [3.05, 3.63) is 56.5 Å². The lowest BCUT2D eigenvalue weighted by molar-refractivity contribution is 0.0138. The van der Waals surface area contributed by atoms with E-state index in [0.717, 1.165) is 10.0 Å². The van der Waals surface area contributed by atoms with Crippen molar-refractivity contribution in [2.24, 2.45) is 5.41 Å². The van der Waals surface area contributed by atoms with Gasteiger partial charge in [0, 0.05) is 27.7 Å². The van der Waals surface area contributed by atoms with Gasteiger partial charge in [0.1, 0.15) is 11.9 Å². The van der Waals surface area contributed by atoms with Gasteiger partial charge in [-0.1, -0.05) is 47.5 Å². The van der Waals surface area contributed by atoms with Gasteiger partial charge in [0.2, 0.25) is 0 Å². The van der Waals surface area contributed by atoms with Gasteiger partial charge < -0.3 is 14.9 Å². The van der Waals surface area contributed by atoms with Gasteiger partial charge in [-0.25, -0.2) is 4.79 Å². The van der Waals surface area contributed by atoms with Gasteiger partial charge in [-0.05, 0) is 53.5 Å². The fourth-order valence-corrected chi connectivity index (χ4v) is 4.00. The highest BCUT2D eigenvalue weighted by molar-refractivity contribution is 9.11. The van der Waals surface area contributed by atoms with E-state index in [1.165, 1.54) is 0 Å². The summed E-state index contributed by atoms with van der Waals surface area (Å²) in [6, 6.07) is 10.8. The summed E-state index contributed by atoms with van der Waals surface area (Å²) in [5, 5.41) is 22.7. The number of halogens is 2. The number of aliphatic hydroxyl groups excluding tert-OH is 1. The number of ether oxygens (including phenoxy) is 1. The number of carbonyl (C=O) groups is 1. The molecule has 0 aliphatic rings. The number of benzene rings is 2. The van der Waals surface area contributed by atoms with Crippen molar-refractivity contribution in [1.82, 2.24) is 0 Å². The first-order valence-electron chi connectivity index (χ1n) is 8.47. The molecule has 0 radical (unpaired) electrons. The molecule has 0 spiro atoms. The summed E-state index contributed by atoms with van der Waals surface area (Å²) < 4.78 is 6.93. The second kappa shape index (κ2) is 9.08. The summed E-state index contributed by atoms with van der Waals surface area (Å²) in [7, 11) is 0. The first-order chi connectivity index (χ1) is 12.6. The highest BCUT2D eigenvalue weighted by Gasteiger charge is 2.36. The molecule has 2 aromatic rings. The zero-order valence-corrected chi connectivity index (χ0v) is 18.6. The van der Waals surface area contributed by atoms with Gasteiger partial charge in [0.15, 0.2) is 0 Å². The second-order valence-corrected chi connectivity index (χ2v) is 8.83. The van der Waals surface area contributed by atoms with E-state index in [-0.39, 0.29) is 12.4 Å². The number of phenolic OH excluding ortho intramolecular Hbond substituents is 1. The largest absolute Gasteiger partial charge is 0.506 e. The van der Waals surface area contributed by atoms with Crippen LogP contribution in [-0.2, 0) is 4.74 Å². The van der Waals surface area contributed by atoms with Crippen molar-refractivity contribution in [3.8, 4) is 5.75 Å². The Morgan fingerprint density at radius 3 is 2.44 bits per heavy atom. The highest BCUT2D eigenvalue weighted by atomic mass is 79.9. The van der Waals surface area contributed by atoms with E-state index in [0.29, 0.717) is 22.1 Å². The number of phenols is 1. The number of aromatic hydroxyl groups is 1. The van der Waals surface area contributed by atoms with Crippen LogP contribution in [0.5, 0.6) is 5.75 Å². The number of hydrogen-bond donors (Lipinski definition) is 3. The van der Waals surface area contributed by atoms with Crippen LogP contribution >= 0.6 is 31.9 Å². The van der Waals surface area contributed by atoms with Crippen LogP contribution in [0.25, 0.3) is 0 Å². The minimum absolute atomic E-state index is 0.00245. The van der Waals surface area contributed by atoms with Crippen molar-refractivity contribution >= 4 is 43.6 Å². The van der Waals surface area contributed by atoms with Crippen LogP contribution in [-0.4, -0.2) is 22.9 Å². The van der Waals surface area contributed by atoms with Crippen LogP contribution in [0.4, 0.5) is 10.5 Å². The topological polar surface area (TPSA) is 78.8 Å². The molecule has 146 valence electrons. The van der Waals surface area contributed by atoms with E-state index in [1.54, 1.807) is 24.3 Å². The summed E-state index contributed by atoms with van der Waals surface area (Å²) in [5.41, 5.74) is 1.54. The monoisotopic (exact) mass is 499 g/mol. The SMILES string of the molecule is Cc1ccc(NC(=O)O[C@H](c2cc(Br)cc(Br)c2O)C(C)(C)CCO)cc1. The number of anilines is 1. The maximum atomic E-state index is 12.5. The van der Waals surface area contributed by atoms with Crippen molar-refractivity contribution in [2.45, 2.75) is 33.3 Å². The Hall–Kier alpha value is -1.57. The Bertz CT molecular complexity index is 806. The van der Waals surface area contributed by atoms with Gasteiger partial charge >= 0.3 is 6.09 Å². The van der Waals surface area contributed by atoms with Crippen molar-refractivity contribution in [2.75, 3.05) is 11.9 Å². The lowest BCUT2D eigenvalue weighted by Crippen LogP contribution is -2.30. The Morgan fingerprint density at radius 2 is 1.85 bits per heavy atom. The molecule has 0 aliphatic heterocycles. The van der Waals surface area contributed by atoms with E-state index in [4.69, 9.17) is 4.74 Å². The molecule has 0 aliphatic carbocycles. The molecule has 5 nitrogen and oxygen atoms in total. The summed E-state index contributed by atoms with van der Waals surface area (Å²) in [6.45, 7) is 5.65. The van der Waals surface area contributed by atoms with E-state index < -0.39 is 17.6 Å².